The first kappa shape index (κ1) is 16.8. The van der Waals surface area contributed by atoms with Gasteiger partial charge in [0.15, 0.2) is 17.6 Å². The number of aromatic nitrogens is 2. The fourth-order valence-electron chi connectivity index (χ4n) is 5.01. The molecule has 0 amide bonds. The fourth-order valence-corrected chi connectivity index (χ4v) is 5.01. The summed E-state index contributed by atoms with van der Waals surface area (Å²) in [5, 5.41) is 5.78. The van der Waals surface area contributed by atoms with Crippen LogP contribution in [0.4, 0.5) is 11.4 Å². The summed E-state index contributed by atoms with van der Waals surface area (Å²) < 4.78 is 4.46. The third-order valence-electron chi connectivity index (χ3n) is 6.49. The Bertz CT molecular complexity index is 1790. The molecule has 4 nitrogen and oxygen atoms in total. The molecule has 0 aliphatic heterocycles. The van der Waals surface area contributed by atoms with Crippen LogP contribution in [0.25, 0.3) is 58.7 Å². The molecule has 3 aromatic heterocycles. The highest BCUT2D eigenvalue weighted by Crippen LogP contribution is 2.43. The Labute approximate surface area is 173 Å². The van der Waals surface area contributed by atoms with Gasteiger partial charge in [0, 0.05) is 22.4 Å². The number of pyridine rings is 2. The van der Waals surface area contributed by atoms with E-state index in [9.17, 15) is 0 Å². The molecule has 0 bridgehead atoms. The van der Waals surface area contributed by atoms with E-state index in [0.29, 0.717) is 11.4 Å². The van der Waals surface area contributed by atoms with Crippen LogP contribution in [0.1, 0.15) is 11.1 Å². The Morgan fingerprint density at radius 2 is 1.60 bits per heavy atom. The van der Waals surface area contributed by atoms with Gasteiger partial charge in [-0.05, 0) is 54.6 Å². The van der Waals surface area contributed by atoms with Crippen LogP contribution < -0.4 is 4.57 Å². The molecule has 6 aromatic rings. The average molecular weight is 385 g/mol. The third kappa shape index (κ3) is 1.86. The second-order valence-corrected chi connectivity index (χ2v) is 8.05. The number of rotatable bonds is 0. The van der Waals surface area contributed by atoms with E-state index >= 15 is 0 Å². The van der Waals surface area contributed by atoms with Gasteiger partial charge in [0.05, 0.1) is 35.0 Å². The number of nitrogens with zero attached hydrogens (tertiary/aromatic N) is 4. The first-order valence-electron chi connectivity index (χ1n) is 9.84. The maximum atomic E-state index is 7.62. The molecular weight excluding hydrogens is 368 g/mol. The minimum absolute atomic E-state index is 0.624. The molecule has 0 N–H and O–H groups in total. The van der Waals surface area contributed by atoms with Gasteiger partial charge in [-0.2, -0.15) is 0 Å². The monoisotopic (exact) mass is 385 g/mol. The van der Waals surface area contributed by atoms with Crippen molar-refractivity contribution >= 4 is 60.4 Å². The number of fused-ring (bicyclic) bond motifs is 5. The Hall–Kier alpha value is -4.15. The molecule has 0 unspecified atom stereocenters. The molecule has 0 spiro atoms. The van der Waals surface area contributed by atoms with Crippen molar-refractivity contribution in [2.24, 2.45) is 7.05 Å². The van der Waals surface area contributed by atoms with Crippen molar-refractivity contribution in [1.29, 1.82) is 0 Å². The number of hydrogen-bond acceptors (Lipinski definition) is 0. The minimum Gasteiger partial charge on any atom is -0.310 e. The molecule has 30 heavy (non-hydrogen) atoms. The predicted octanol–water partition coefficient (Wildman–Crippen LogP) is 6.53. The highest BCUT2D eigenvalue weighted by molar-refractivity contribution is 6.26. The summed E-state index contributed by atoms with van der Waals surface area (Å²) in [6.45, 7) is 19.5. The molecule has 6 rings (SSSR count). The lowest BCUT2D eigenvalue weighted by molar-refractivity contribution is -0.643. The first-order valence-corrected chi connectivity index (χ1v) is 9.84. The minimum atomic E-state index is 0.624. The summed E-state index contributed by atoms with van der Waals surface area (Å²) >= 11 is 0. The smallest absolute Gasteiger partial charge is 0.224 e. The Kier molecular flexibility index (Phi) is 3.06. The number of benzene rings is 3. The fraction of sp³-hybridized carbons (Fsp3) is 0.115. The zero-order valence-corrected chi connectivity index (χ0v) is 16.9. The van der Waals surface area contributed by atoms with Crippen molar-refractivity contribution in [2.75, 3.05) is 0 Å². The Balaban J connectivity index is 2.12. The zero-order valence-electron chi connectivity index (χ0n) is 16.9. The lowest BCUT2D eigenvalue weighted by Crippen LogP contribution is -2.29. The van der Waals surface area contributed by atoms with Crippen molar-refractivity contribution < 1.29 is 4.57 Å². The van der Waals surface area contributed by atoms with E-state index in [2.05, 4.69) is 63.9 Å². The summed E-state index contributed by atoms with van der Waals surface area (Å²) in [4.78, 5) is 7.40. The molecule has 0 fully saturated rings. The van der Waals surface area contributed by atoms with Crippen molar-refractivity contribution in [3.8, 4) is 0 Å². The van der Waals surface area contributed by atoms with Gasteiger partial charge in [0.1, 0.15) is 7.05 Å². The highest BCUT2D eigenvalue weighted by atomic mass is 15.0. The molecule has 0 aliphatic rings. The van der Waals surface area contributed by atoms with Gasteiger partial charge in [-0.15, -0.1) is 0 Å². The molecular formula is C26H17N4+. The molecule has 0 radical (unpaired) electrons. The van der Waals surface area contributed by atoms with Gasteiger partial charge in [0.25, 0.3) is 0 Å². The van der Waals surface area contributed by atoms with Gasteiger partial charge in [-0.25, -0.2) is 14.3 Å². The van der Waals surface area contributed by atoms with E-state index < -0.39 is 0 Å². The quantitative estimate of drug-likeness (QED) is 0.122. The topological polar surface area (TPSA) is 17.0 Å². The van der Waals surface area contributed by atoms with Crippen LogP contribution in [-0.4, -0.2) is 4.40 Å². The molecule has 3 aromatic carbocycles. The van der Waals surface area contributed by atoms with Gasteiger partial charge < -0.3 is 4.40 Å². The third-order valence-corrected chi connectivity index (χ3v) is 6.49. The van der Waals surface area contributed by atoms with E-state index in [1.807, 2.05) is 24.3 Å². The standard InChI is InChI=1S/C26H17N4/c1-14-10-20-19-7-6-17(27-3)12-21(19)30-22-13-18(28-4)11-16-8-9-29(5)26(24(16)22)23(15(14)2)25(20)30/h6-13H,1-2,5H3/q+1. The SMILES string of the molecule is [C-]#[N+]c1ccc2c3cc(C)c(C)c4c3n(c2c1)c1cc([N+]#[C-])cc2cc[n+](C)c4c21. The van der Waals surface area contributed by atoms with Crippen LogP contribution in [0.2, 0.25) is 0 Å². The molecule has 0 saturated heterocycles. The van der Waals surface area contributed by atoms with E-state index in [0.717, 1.165) is 32.7 Å². The van der Waals surface area contributed by atoms with Crippen molar-refractivity contribution in [1.82, 2.24) is 4.40 Å². The van der Waals surface area contributed by atoms with E-state index in [1.165, 1.54) is 27.4 Å². The number of hydrogen-bond donors (Lipinski definition) is 0. The zero-order chi connectivity index (χ0) is 20.7. The first-order chi connectivity index (χ1) is 14.5. The Morgan fingerprint density at radius 3 is 2.37 bits per heavy atom. The van der Waals surface area contributed by atoms with Crippen LogP contribution in [0, 0.1) is 27.0 Å². The van der Waals surface area contributed by atoms with Gasteiger partial charge in [-0.3, -0.25) is 0 Å². The summed E-state index contributed by atoms with van der Waals surface area (Å²) in [5.74, 6) is 0. The second kappa shape index (κ2) is 5.47. The molecule has 0 aliphatic carbocycles. The van der Waals surface area contributed by atoms with Crippen molar-refractivity contribution in [2.45, 2.75) is 13.8 Å². The normalized spacial score (nSPS) is 11.8. The maximum Gasteiger partial charge on any atom is 0.224 e. The van der Waals surface area contributed by atoms with Crippen LogP contribution in [-0.2, 0) is 7.05 Å². The molecule has 4 heteroatoms. The lowest BCUT2D eigenvalue weighted by atomic mass is 9.96. The Morgan fingerprint density at radius 1 is 0.833 bits per heavy atom. The molecule has 0 atom stereocenters. The van der Waals surface area contributed by atoms with E-state index in [-0.39, 0.29) is 0 Å². The van der Waals surface area contributed by atoms with Crippen LogP contribution >= 0.6 is 0 Å². The summed E-state index contributed by atoms with van der Waals surface area (Å²) in [6, 6.07) is 14.2. The summed E-state index contributed by atoms with van der Waals surface area (Å²) in [5.41, 5.74) is 8.15. The van der Waals surface area contributed by atoms with Crippen LogP contribution in [0.15, 0.2) is 48.7 Å². The maximum absolute atomic E-state index is 7.62. The lowest BCUT2D eigenvalue weighted by Gasteiger charge is -2.14. The average Bonchev–Trinajstić information content (AvgIpc) is 3.08. The van der Waals surface area contributed by atoms with Crippen LogP contribution in [0.3, 0.4) is 0 Å². The van der Waals surface area contributed by atoms with Crippen molar-refractivity contribution in [3.05, 3.63) is 82.6 Å². The summed E-state index contributed by atoms with van der Waals surface area (Å²) in [7, 11) is 2.09. The molecule has 140 valence electrons. The highest BCUT2D eigenvalue weighted by Gasteiger charge is 2.25. The second-order valence-electron chi connectivity index (χ2n) is 8.05. The summed E-state index contributed by atoms with van der Waals surface area (Å²) in [6.07, 6.45) is 2.08. The largest absolute Gasteiger partial charge is 0.310 e. The molecule has 0 saturated carbocycles. The van der Waals surface area contributed by atoms with Crippen molar-refractivity contribution in [3.63, 3.8) is 0 Å². The predicted molar refractivity (Wildman–Crippen MR) is 122 cm³/mol. The van der Waals surface area contributed by atoms with Gasteiger partial charge in [-0.1, -0.05) is 12.1 Å². The van der Waals surface area contributed by atoms with E-state index in [1.54, 1.807) is 0 Å². The van der Waals surface area contributed by atoms with E-state index in [4.69, 9.17) is 13.1 Å². The van der Waals surface area contributed by atoms with Crippen LogP contribution in [0.5, 0.6) is 0 Å². The van der Waals surface area contributed by atoms with Gasteiger partial charge in [0.2, 0.25) is 5.52 Å². The van der Waals surface area contributed by atoms with Gasteiger partial charge >= 0.3 is 0 Å². The number of aryl methyl sites for hydroxylation is 3. The molecule has 3 heterocycles.